The number of nitrogens with one attached hydrogen (secondary N) is 1. The number of aromatic nitrogens is 1. The summed E-state index contributed by atoms with van der Waals surface area (Å²) in [4.78, 5) is 10.3. The van der Waals surface area contributed by atoms with Gasteiger partial charge in [-0.1, -0.05) is 25.6 Å². The molecule has 1 aliphatic heterocycles. The van der Waals surface area contributed by atoms with Crippen molar-refractivity contribution in [1.29, 1.82) is 0 Å². The minimum Gasteiger partial charge on any atom is -0.356 e. The van der Waals surface area contributed by atoms with Crippen molar-refractivity contribution in [3.8, 4) is 0 Å². The van der Waals surface area contributed by atoms with Crippen LogP contribution in [0.1, 0.15) is 43.1 Å². The van der Waals surface area contributed by atoms with E-state index in [9.17, 15) is 0 Å². The zero-order chi connectivity index (χ0) is 13.1. The second-order valence-electron chi connectivity index (χ2n) is 5.19. The average molecular weight is 283 g/mol. The molecule has 2 unspecified atom stereocenters. The SMILES string of the molecule is Cc1cnc(C(C)NC2=NCC(CC(C)C)S2)s1. The van der Waals surface area contributed by atoms with Crippen LogP contribution in [-0.4, -0.2) is 21.9 Å². The van der Waals surface area contributed by atoms with Crippen LogP contribution in [0.15, 0.2) is 11.2 Å². The molecular weight excluding hydrogens is 262 g/mol. The molecule has 0 amide bonds. The third-order valence-corrected chi connectivity index (χ3v) is 5.04. The standard InChI is InChI=1S/C13H21N3S2/c1-8(2)5-11-7-15-13(18-11)16-10(4)12-14-6-9(3)17-12/h6,8,10-11H,5,7H2,1-4H3,(H,15,16). The van der Waals surface area contributed by atoms with E-state index < -0.39 is 0 Å². The Labute approximate surface area is 118 Å². The highest BCUT2D eigenvalue weighted by molar-refractivity contribution is 8.14. The molecule has 2 rings (SSSR count). The molecule has 1 N–H and O–H groups in total. The molecule has 0 radical (unpaired) electrons. The van der Waals surface area contributed by atoms with Crippen LogP contribution in [0.5, 0.6) is 0 Å². The minimum absolute atomic E-state index is 0.257. The van der Waals surface area contributed by atoms with Crippen LogP contribution in [0.3, 0.4) is 0 Å². The summed E-state index contributed by atoms with van der Waals surface area (Å²) in [6, 6.07) is 0.257. The van der Waals surface area contributed by atoms with Crippen molar-refractivity contribution in [2.45, 2.75) is 45.4 Å². The predicted octanol–water partition coefficient (Wildman–Crippen LogP) is 3.62. The number of hydrogen-bond acceptors (Lipinski definition) is 5. The largest absolute Gasteiger partial charge is 0.356 e. The highest BCUT2D eigenvalue weighted by Crippen LogP contribution is 2.27. The molecule has 2 heterocycles. The van der Waals surface area contributed by atoms with E-state index in [-0.39, 0.29) is 6.04 Å². The van der Waals surface area contributed by atoms with Gasteiger partial charge in [-0.25, -0.2) is 4.98 Å². The molecule has 0 aliphatic carbocycles. The summed E-state index contributed by atoms with van der Waals surface area (Å²) in [5, 5.41) is 6.35. The number of amidine groups is 1. The fourth-order valence-corrected chi connectivity index (χ4v) is 4.08. The summed E-state index contributed by atoms with van der Waals surface area (Å²) in [7, 11) is 0. The maximum atomic E-state index is 4.59. The van der Waals surface area contributed by atoms with Gasteiger partial charge in [-0.05, 0) is 26.2 Å². The Balaban J connectivity index is 1.84. The molecule has 1 aromatic heterocycles. The number of rotatable bonds is 4. The third-order valence-electron chi connectivity index (χ3n) is 2.80. The molecule has 0 spiro atoms. The second kappa shape index (κ2) is 6.06. The molecule has 1 aromatic rings. The molecule has 0 bridgehead atoms. The molecule has 0 aromatic carbocycles. The Morgan fingerprint density at radius 3 is 2.83 bits per heavy atom. The van der Waals surface area contributed by atoms with Crippen LogP contribution in [0, 0.1) is 12.8 Å². The molecule has 18 heavy (non-hydrogen) atoms. The van der Waals surface area contributed by atoms with Crippen LogP contribution in [-0.2, 0) is 0 Å². The Kier molecular flexibility index (Phi) is 4.67. The fourth-order valence-electron chi connectivity index (χ4n) is 1.96. The van der Waals surface area contributed by atoms with Gasteiger partial charge in [0.1, 0.15) is 5.01 Å². The highest BCUT2D eigenvalue weighted by Gasteiger charge is 2.22. The summed E-state index contributed by atoms with van der Waals surface area (Å²) < 4.78 is 0. The van der Waals surface area contributed by atoms with E-state index in [1.165, 1.54) is 11.3 Å². The third kappa shape index (κ3) is 3.72. The van der Waals surface area contributed by atoms with Crippen LogP contribution in [0.4, 0.5) is 0 Å². The summed E-state index contributed by atoms with van der Waals surface area (Å²) >= 11 is 3.64. The molecule has 0 fully saturated rings. The molecule has 0 saturated carbocycles. The Hall–Kier alpha value is -0.550. The van der Waals surface area contributed by atoms with Gasteiger partial charge in [-0.2, -0.15) is 0 Å². The van der Waals surface area contributed by atoms with E-state index in [1.807, 2.05) is 18.0 Å². The van der Waals surface area contributed by atoms with E-state index >= 15 is 0 Å². The van der Waals surface area contributed by atoms with Crippen LogP contribution >= 0.6 is 23.1 Å². The Morgan fingerprint density at radius 2 is 2.22 bits per heavy atom. The van der Waals surface area contributed by atoms with E-state index in [0.29, 0.717) is 5.25 Å². The van der Waals surface area contributed by atoms with Crippen molar-refractivity contribution < 1.29 is 0 Å². The van der Waals surface area contributed by atoms with Crippen molar-refractivity contribution in [3.05, 3.63) is 16.1 Å². The lowest BCUT2D eigenvalue weighted by molar-refractivity contribution is 0.575. The second-order valence-corrected chi connectivity index (χ2v) is 7.75. The van der Waals surface area contributed by atoms with Crippen molar-refractivity contribution in [3.63, 3.8) is 0 Å². The first-order valence-corrected chi connectivity index (χ1v) is 8.14. The first-order valence-electron chi connectivity index (χ1n) is 6.44. The average Bonchev–Trinajstić information content (AvgIpc) is 2.87. The number of thioether (sulfide) groups is 1. The van der Waals surface area contributed by atoms with Gasteiger partial charge in [0.2, 0.25) is 0 Å². The monoisotopic (exact) mass is 283 g/mol. The van der Waals surface area contributed by atoms with Gasteiger partial charge in [0, 0.05) is 16.3 Å². The number of aryl methyl sites for hydroxylation is 1. The molecule has 3 nitrogen and oxygen atoms in total. The highest BCUT2D eigenvalue weighted by atomic mass is 32.2. The van der Waals surface area contributed by atoms with Gasteiger partial charge in [-0.3, -0.25) is 4.99 Å². The van der Waals surface area contributed by atoms with Crippen molar-refractivity contribution >= 4 is 28.3 Å². The quantitative estimate of drug-likeness (QED) is 0.917. The normalized spacial score (nSPS) is 21.2. The van der Waals surface area contributed by atoms with Crippen molar-refractivity contribution in [2.75, 3.05) is 6.54 Å². The van der Waals surface area contributed by atoms with Crippen LogP contribution < -0.4 is 5.32 Å². The maximum absolute atomic E-state index is 4.59. The lowest BCUT2D eigenvalue weighted by Gasteiger charge is -2.14. The first kappa shape index (κ1) is 13.9. The van der Waals surface area contributed by atoms with E-state index in [0.717, 1.165) is 22.6 Å². The lowest BCUT2D eigenvalue weighted by atomic mass is 10.1. The topological polar surface area (TPSA) is 37.3 Å². The molecule has 2 atom stereocenters. The molecule has 5 heteroatoms. The van der Waals surface area contributed by atoms with Gasteiger partial charge < -0.3 is 5.32 Å². The number of nitrogens with zero attached hydrogens (tertiary/aromatic N) is 2. The minimum atomic E-state index is 0.257. The molecule has 0 saturated heterocycles. The fraction of sp³-hybridized carbons (Fsp3) is 0.692. The predicted molar refractivity (Wildman–Crippen MR) is 81.5 cm³/mol. The van der Waals surface area contributed by atoms with E-state index in [1.54, 1.807) is 11.3 Å². The molecular formula is C13H21N3S2. The summed E-state index contributed by atoms with van der Waals surface area (Å²) in [6.07, 6.45) is 3.17. The summed E-state index contributed by atoms with van der Waals surface area (Å²) in [6.45, 7) is 9.74. The van der Waals surface area contributed by atoms with Gasteiger partial charge >= 0.3 is 0 Å². The molecule has 1 aliphatic rings. The van der Waals surface area contributed by atoms with Crippen LogP contribution in [0.25, 0.3) is 0 Å². The van der Waals surface area contributed by atoms with Crippen LogP contribution in [0.2, 0.25) is 0 Å². The number of thiazole rings is 1. The van der Waals surface area contributed by atoms with E-state index in [2.05, 4.69) is 43.0 Å². The zero-order valence-electron chi connectivity index (χ0n) is 11.4. The Morgan fingerprint density at radius 1 is 1.44 bits per heavy atom. The number of aliphatic imine (C=N–C) groups is 1. The zero-order valence-corrected chi connectivity index (χ0v) is 13.1. The van der Waals surface area contributed by atoms with Crippen molar-refractivity contribution in [2.24, 2.45) is 10.9 Å². The maximum Gasteiger partial charge on any atom is 0.157 e. The molecule has 100 valence electrons. The Bertz CT molecular complexity index is 426. The van der Waals surface area contributed by atoms with Gasteiger partial charge in [-0.15, -0.1) is 11.3 Å². The lowest BCUT2D eigenvalue weighted by Crippen LogP contribution is -2.23. The summed E-state index contributed by atoms with van der Waals surface area (Å²) in [5.74, 6) is 0.746. The first-order chi connectivity index (χ1) is 8.54. The van der Waals surface area contributed by atoms with Gasteiger partial charge in [0.25, 0.3) is 0 Å². The van der Waals surface area contributed by atoms with Crippen molar-refractivity contribution in [1.82, 2.24) is 10.3 Å². The summed E-state index contributed by atoms with van der Waals surface area (Å²) in [5.41, 5.74) is 0. The van der Waals surface area contributed by atoms with Gasteiger partial charge in [0.15, 0.2) is 5.17 Å². The van der Waals surface area contributed by atoms with E-state index in [4.69, 9.17) is 0 Å². The van der Waals surface area contributed by atoms with Gasteiger partial charge in [0.05, 0.1) is 12.6 Å². The smallest absolute Gasteiger partial charge is 0.157 e. The number of hydrogen-bond donors (Lipinski definition) is 1.